The van der Waals surface area contributed by atoms with Crippen LogP contribution in [-0.2, 0) is 10.0 Å². The molecule has 11 heavy (non-hydrogen) atoms. The van der Waals surface area contributed by atoms with E-state index in [1.165, 1.54) is 0 Å². The summed E-state index contributed by atoms with van der Waals surface area (Å²) in [6.07, 6.45) is 2.05. The van der Waals surface area contributed by atoms with E-state index in [4.69, 9.17) is 0 Å². The van der Waals surface area contributed by atoms with Crippen molar-refractivity contribution in [3.63, 3.8) is 0 Å². The fourth-order valence-corrected chi connectivity index (χ4v) is 3.85. The minimum Gasteiger partial charge on any atom is -0.215 e. The SMILES string of the molecule is CCNS(=O)(=O)C1CC2CC21. The van der Waals surface area contributed by atoms with Gasteiger partial charge in [0.05, 0.1) is 5.25 Å². The molecule has 0 aliphatic heterocycles. The predicted octanol–water partition coefficient (Wildman–Crippen LogP) is 0.334. The predicted molar refractivity (Wildman–Crippen MR) is 42.6 cm³/mol. The second kappa shape index (κ2) is 2.20. The molecule has 0 aromatic rings. The van der Waals surface area contributed by atoms with Crippen molar-refractivity contribution in [3.8, 4) is 0 Å². The topological polar surface area (TPSA) is 46.2 Å². The van der Waals surface area contributed by atoms with Crippen molar-refractivity contribution in [2.45, 2.75) is 25.0 Å². The van der Waals surface area contributed by atoms with E-state index in [0.29, 0.717) is 12.5 Å². The molecule has 0 aromatic heterocycles. The molecule has 0 aromatic carbocycles. The van der Waals surface area contributed by atoms with Crippen LogP contribution >= 0.6 is 0 Å². The minimum absolute atomic E-state index is 0.0487. The van der Waals surface area contributed by atoms with Crippen molar-refractivity contribution in [2.75, 3.05) is 6.54 Å². The molecule has 0 bridgehead atoms. The van der Waals surface area contributed by atoms with Gasteiger partial charge in [-0.2, -0.15) is 0 Å². The van der Waals surface area contributed by atoms with Gasteiger partial charge in [-0.1, -0.05) is 6.92 Å². The summed E-state index contributed by atoms with van der Waals surface area (Å²) in [6.45, 7) is 2.34. The number of hydrogen-bond acceptors (Lipinski definition) is 2. The van der Waals surface area contributed by atoms with Crippen LogP contribution in [0.1, 0.15) is 19.8 Å². The van der Waals surface area contributed by atoms with E-state index in [1.54, 1.807) is 0 Å². The molecule has 0 radical (unpaired) electrons. The van der Waals surface area contributed by atoms with Crippen LogP contribution in [0.4, 0.5) is 0 Å². The number of fused-ring (bicyclic) bond motifs is 1. The molecule has 2 fully saturated rings. The molecule has 2 aliphatic carbocycles. The van der Waals surface area contributed by atoms with E-state index in [1.807, 2.05) is 6.92 Å². The van der Waals surface area contributed by atoms with E-state index in [0.717, 1.165) is 18.8 Å². The van der Waals surface area contributed by atoms with Gasteiger partial charge in [-0.05, 0) is 24.7 Å². The second-order valence-corrected chi connectivity index (χ2v) is 5.46. The maximum absolute atomic E-state index is 11.3. The lowest BCUT2D eigenvalue weighted by atomic mass is 10.0. The molecule has 0 amide bonds. The van der Waals surface area contributed by atoms with Gasteiger partial charge in [0.1, 0.15) is 0 Å². The Bertz CT molecular complexity index is 260. The van der Waals surface area contributed by atoms with E-state index in [-0.39, 0.29) is 5.25 Å². The average Bonchev–Trinajstić information content (AvgIpc) is 2.39. The van der Waals surface area contributed by atoms with E-state index in [9.17, 15) is 8.42 Å². The van der Waals surface area contributed by atoms with Crippen LogP contribution in [0, 0.1) is 11.8 Å². The number of sulfonamides is 1. The highest BCUT2D eigenvalue weighted by molar-refractivity contribution is 7.90. The van der Waals surface area contributed by atoms with Crippen LogP contribution in [0.3, 0.4) is 0 Å². The standard InChI is InChI=1S/C7H13NO2S/c1-2-8-11(9,10)7-4-5-3-6(5)7/h5-8H,2-4H2,1H3. The lowest BCUT2D eigenvalue weighted by Crippen LogP contribution is -2.40. The molecule has 3 atom stereocenters. The van der Waals surface area contributed by atoms with Crippen molar-refractivity contribution >= 4 is 10.0 Å². The van der Waals surface area contributed by atoms with Gasteiger partial charge >= 0.3 is 0 Å². The van der Waals surface area contributed by atoms with Crippen molar-refractivity contribution in [2.24, 2.45) is 11.8 Å². The van der Waals surface area contributed by atoms with Gasteiger partial charge in [-0.15, -0.1) is 0 Å². The van der Waals surface area contributed by atoms with Crippen LogP contribution in [-0.4, -0.2) is 20.2 Å². The van der Waals surface area contributed by atoms with Crippen LogP contribution in [0.2, 0.25) is 0 Å². The van der Waals surface area contributed by atoms with Gasteiger partial charge < -0.3 is 0 Å². The third-order valence-electron chi connectivity index (χ3n) is 2.73. The van der Waals surface area contributed by atoms with Gasteiger partial charge in [-0.25, -0.2) is 13.1 Å². The summed E-state index contributed by atoms with van der Waals surface area (Å²) in [7, 11) is -2.93. The zero-order valence-electron chi connectivity index (χ0n) is 6.58. The Morgan fingerprint density at radius 3 is 2.55 bits per heavy atom. The summed E-state index contributed by atoms with van der Waals surface area (Å²) in [6, 6.07) is 0. The van der Waals surface area contributed by atoms with Gasteiger partial charge in [0.15, 0.2) is 0 Å². The van der Waals surface area contributed by atoms with Crippen molar-refractivity contribution < 1.29 is 8.42 Å². The first kappa shape index (κ1) is 7.55. The van der Waals surface area contributed by atoms with E-state index >= 15 is 0 Å². The lowest BCUT2D eigenvalue weighted by Gasteiger charge is -2.24. The summed E-state index contributed by atoms with van der Waals surface area (Å²) in [5.41, 5.74) is 0. The lowest BCUT2D eigenvalue weighted by molar-refractivity contribution is 0.445. The zero-order valence-corrected chi connectivity index (χ0v) is 7.39. The average molecular weight is 175 g/mol. The molecule has 2 rings (SSSR count). The summed E-state index contributed by atoms with van der Waals surface area (Å²) in [5.74, 6) is 1.27. The first-order valence-electron chi connectivity index (χ1n) is 4.13. The Morgan fingerprint density at radius 1 is 1.45 bits per heavy atom. The summed E-state index contributed by atoms with van der Waals surface area (Å²) < 4.78 is 25.2. The molecule has 4 heteroatoms. The van der Waals surface area contributed by atoms with Crippen LogP contribution in [0.15, 0.2) is 0 Å². The fourth-order valence-electron chi connectivity index (χ4n) is 1.94. The summed E-state index contributed by atoms with van der Waals surface area (Å²) >= 11 is 0. The highest BCUT2D eigenvalue weighted by Gasteiger charge is 2.58. The van der Waals surface area contributed by atoms with Gasteiger partial charge in [0.25, 0.3) is 0 Å². The Labute approximate surface area is 67.2 Å². The molecule has 64 valence electrons. The molecule has 0 heterocycles. The van der Waals surface area contributed by atoms with E-state index in [2.05, 4.69) is 4.72 Å². The Morgan fingerprint density at radius 2 is 2.18 bits per heavy atom. The highest BCUT2D eigenvalue weighted by atomic mass is 32.2. The monoisotopic (exact) mass is 175 g/mol. The normalized spacial score (nSPS) is 41.0. The quantitative estimate of drug-likeness (QED) is 0.672. The van der Waals surface area contributed by atoms with Gasteiger partial charge in [0.2, 0.25) is 10.0 Å². The fraction of sp³-hybridized carbons (Fsp3) is 1.00. The van der Waals surface area contributed by atoms with Crippen molar-refractivity contribution in [1.29, 1.82) is 0 Å². The molecule has 0 spiro atoms. The van der Waals surface area contributed by atoms with Gasteiger partial charge in [-0.3, -0.25) is 0 Å². The maximum Gasteiger partial charge on any atom is 0.214 e. The maximum atomic E-state index is 11.3. The molecule has 3 nitrogen and oxygen atoms in total. The number of hydrogen-bond donors (Lipinski definition) is 1. The van der Waals surface area contributed by atoms with Crippen molar-refractivity contribution in [1.82, 2.24) is 4.72 Å². The smallest absolute Gasteiger partial charge is 0.214 e. The van der Waals surface area contributed by atoms with Crippen LogP contribution < -0.4 is 4.72 Å². The summed E-state index contributed by atoms with van der Waals surface area (Å²) in [5, 5.41) is -0.0487. The number of rotatable bonds is 3. The molecular formula is C7H13NO2S. The Kier molecular flexibility index (Phi) is 1.51. The van der Waals surface area contributed by atoms with Crippen LogP contribution in [0.25, 0.3) is 0 Å². The molecule has 3 unspecified atom stereocenters. The highest BCUT2D eigenvalue weighted by Crippen LogP contribution is 2.58. The van der Waals surface area contributed by atoms with E-state index < -0.39 is 10.0 Å². The largest absolute Gasteiger partial charge is 0.215 e. The third-order valence-corrected chi connectivity index (χ3v) is 4.76. The Balaban J connectivity index is 2.02. The zero-order chi connectivity index (χ0) is 8.06. The molecule has 2 aliphatic rings. The third kappa shape index (κ3) is 1.08. The second-order valence-electron chi connectivity index (χ2n) is 3.48. The number of nitrogens with one attached hydrogen (secondary N) is 1. The molecule has 0 saturated heterocycles. The van der Waals surface area contributed by atoms with Crippen molar-refractivity contribution in [3.05, 3.63) is 0 Å². The first-order valence-corrected chi connectivity index (χ1v) is 5.68. The van der Waals surface area contributed by atoms with Gasteiger partial charge in [0, 0.05) is 6.54 Å². The first-order chi connectivity index (χ1) is 5.15. The Hall–Kier alpha value is -0.0900. The molecule has 1 N–H and O–H groups in total. The van der Waals surface area contributed by atoms with Crippen LogP contribution in [0.5, 0.6) is 0 Å². The molecule has 2 saturated carbocycles. The summed E-state index contributed by atoms with van der Waals surface area (Å²) in [4.78, 5) is 0. The minimum atomic E-state index is -2.93. The molecular weight excluding hydrogens is 162 g/mol.